The highest BCUT2D eigenvalue weighted by molar-refractivity contribution is 5.86. The predicted molar refractivity (Wildman–Crippen MR) is 128 cm³/mol. The van der Waals surface area contributed by atoms with E-state index < -0.39 is 23.4 Å². The minimum atomic E-state index is -4.44. The van der Waals surface area contributed by atoms with E-state index in [9.17, 15) is 22.4 Å². The van der Waals surface area contributed by atoms with Crippen molar-refractivity contribution in [3.8, 4) is 5.75 Å². The van der Waals surface area contributed by atoms with Crippen molar-refractivity contribution < 1.29 is 27.1 Å². The molecule has 194 valence electrons. The van der Waals surface area contributed by atoms with Crippen LogP contribution in [0.2, 0.25) is 0 Å². The number of amides is 1. The number of hydrogen-bond donors (Lipinski definition) is 0. The van der Waals surface area contributed by atoms with Gasteiger partial charge in [-0.3, -0.25) is 9.69 Å². The SMILES string of the molecule is CC(C)C1(CCN2CCN(c3ccc(F)cc3)CC2)CC2Oc3ccc(C(F)(F)F)cc3CN2C1=O. The summed E-state index contributed by atoms with van der Waals surface area (Å²) in [5, 5.41) is 0. The first-order chi connectivity index (χ1) is 17.1. The Kier molecular flexibility index (Phi) is 6.39. The number of carbonyl (C=O) groups excluding carboxylic acids is 1. The molecule has 5 rings (SSSR count). The maximum absolute atomic E-state index is 13.7. The van der Waals surface area contributed by atoms with Gasteiger partial charge in [-0.15, -0.1) is 0 Å². The van der Waals surface area contributed by atoms with Crippen LogP contribution in [0.25, 0.3) is 0 Å². The second kappa shape index (κ2) is 9.25. The zero-order valence-corrected chi connectivity index (χ0v) is 20.5. The van der Waals surface area contributed by atoms with Crippen molar-refractivity contribution in [2.45, 2.75) is 45.6 Å². The van der Waals surface area contributed by atoms with Gasteiger partial charge in [0.25, 0.3) is 0 Å². The summed E-state index contributed by atoms with van der Waals surface area (Å²) >= 11 is 0. The zero-order chi connectivity index (χ0) is 25.7. The van der Waals surface area contributed by atoms with Crippen LogP contribution in [0.1, 0.15) is 37.8 Å². The van der Waals surface area contributed by atoms with E-state index in [4.69, 9.17) is 4.74 Å². The summed E-state index contributed by atoms with van der Waals surface area (Å²) < 4.78 is 58.9. The highest BCUT2D eigenvalue weighted by Crippen LogP contribution is 2.49. The normalized spacial score (nSPS) is 24.6. The van der Waals surface area contributed by atoms with E-state index in [0.29, 0.717) is 24.2 Å². The van der Waals surface area contributed by atoms with Gasteiger partial charge in [-0.05, 0) is 61.3 Å². The molecule has 2 aromatic carbocycles. The Morgan fingerprint density at radius 2 is 1.75 bits per heavy atom. The van der Waals surface area contributed by atoms with E-state index in [-0.39, 0.29) is 24.2 Å². The van der Waals surface area contributed by atoms with Crippen LogP contribution in [0.15, 0.2) is 42.5 Å². The summed E-state index contributed by atoms with van der Waals surface area (Å²) in [5.41, 5.74) is 0.0480. The number of nitrogens with zero attached hydrogens (tertiary/aromatic N) is 3. The number of ether oxygens (including phenoxy) is 1. The molecule has 0 saturated carbocycles. The number of benzene rings is 2. The molecule has 0 N–H and O–H groups in total. The van der Waals surface area contributed by atoms with Crippen molar-refractivity contribution >= 4 is 11.6 Å². The van der Waals surface area contributed by atoms with Gasteiger partial charge in [0.15, 0.2) is 6.23 Å². The van der Waals surface area contributed by atoms with Crippen molar-refractivity contribution in [3.63, 3.8) is 0 Å². The minimum Gasteiger partial charge on any atom is -0.470 e. The van der Waals surface area contributed by atoms with Crippen molar-refractivity contribution in [1.29, 1.82) is 0 Å². The molecule has 2 fully saturated rings. The molecular formula is C27H31F4N3O2. The molecule has 2 aromatic rings. The van der Waals surface area contributed by atoms with E-state index in [1.165, 1.54) is 18.2 Å². The lowest BCUT2D eigenvalue weighted by atomic mass is 9.72. The molecule has 5 nitrogen and oxygen atoms in total. The fraction of sp³-hybridized carbons (Fsp3) is 0.519. The van der Waals surface area contributed by atoms with Gasteiger partial charge >= 0.3 is 6.18 Å². The van der Waals surface area contributed by atoms with Crippen LogP contribution in [0.4, 0.5) is 23.2 Å². The second-order valence-electron chi connectivity index (χ2n) is 10.4. The lowest BCUT2D eigenvalue weighted by Crippen LogP contribution is -2.48. The van der Waals surface area contributed by atoms with Gasteiger partial charge in [0, 0.05) is 43.9 Å². The zero-order valence-electron chi connectivity index (χ0n) is 20.5. The molecular weight excluding hydrogens is 474 g/mol. The van der Waals surface area contributed by atoms with E-state index >= 15 is 0 Å². The van der Waals surface area contributed by atoms with Crippen molar-refractivity contribution in [2.75, 3.05) is 37.6 Å². The van der Waals surface area contributed by atoms with Gasteiger partial charge in [0.2, 0.25) is 5.91 Å². The van der Waals surface area contributed by atoms with Gasteiger partial charge < -0.3 is 14.5 Å². The first-order valence-corrected chi connectivity index (χ1v) is 12.5. The molecule has 2 saturated heterocycles. The molecule has 1 amide bonds. The van der Waals surface area contributed by atoms with Gasteiger partial charge in [-0.25, -0.2) is 4.39 Å². The molecule has 0 aromatic heterocycles. The number of halogens is 4. The van der Waals surface area contributed by atoms with Gasteiger partial charge in [0.05, 0.1) is 17.5 Å². The number of alkyl halides is 3. The number of rotatable bonds is 5. The Morgan fingerprint density at radius 3 is 2.39 bits per heavy atom. The Labute approximate surface area is 208 Å². The first kappa shape index (κ1) is 24.9. The average Bonchev–Trinajstić information content (AvgIpc) is 3.13. The van der Waals surface area contributed by atoms with Crippen molar-refractivity contribution in [3.05, 3.63) is 59.4 Å². The fourth-order valence-electron chi connectivity index (χ4n) is 5.75. The topological polar surface area (TPSA) is 36.0 Å². The summed E-state index contributed by atoms with van der Waals surface area (Å²) in [5.74, 6) is 0.208. The van der Waals surface area contributed by atoms with E-state index in [2.05, 4.69) is 9.80 Å². The minimum absolute atomic E-state index is 0.0319. The standard InChI is InChI=1S/C27H31F4N3O2/c1-18(2)26(9-10-32-11-13-33(14-12-32)22-6-4-21(28)5-7-22)16-24-34(25(26)35)17-19-15-20(27(29,30)31)3-8-23(19)36-24/h3-8,15,18,24H,9-14,16-17H2,1-2H3. The van der Waals surface area contributed by atoms with Crippen LogP contribution >= 0.6 is 0 Å². The molecule has 9 heteroatoms. The monoisotopic (exact) mass is 505 g/mol. The molecule has 2 unspecified atom stereocenters. The molecule has 0 radical (unpaired) electrons. The van der Waals surface area contributed by atoms with E-state index in [0.717, 1.165) is 50.5 Å². The number of hydrogen-bond acceptors (Lipinski definition) is 4. The number of anilines is 1. The Hall–Kier alpha value is -2.81. The molecule has 3 heterocycles. The van der Waals surface area contributed by atoms with Gasteiger partial charge in [-0.1, -0.05) is 13.8 Å². The summed E-state index contributed by atoms with van der Waals surface area (Å²) in [6.45, 7) is 8.30. The van der Waals surface area contributed by atoms with Crippen LogP contribution in [-0.2, 0) is 17.5 Å². The highest BCUT2D eigenvalue weighted by Gasteiger charge is 2.55. The molecule has 36 heavy (non-hydrogen) atoms. The van der Waals surface area contributed by atoms with Crippen LogP contribution in [0, 0.1) is 17.2 Å². The molecule has 0 aliphatic carbocycles. The lowest BCUT2D eigenvalue weighted by molar-refractivity contribution is -0.142. The Bertz CT molecular complexity index is 1110. The third-order valence-corrected chi connectivity index (χ3v) is 8.11. The Morgan fingerprint density at radius 1 is 1.06 bits per heavy atom. The summed E-state index contributed by atoms with van der Waals surface area (Å²) in [4.78, 5) is 19.9. The Balaban J connectivity index is 1.24. The molecule has 3 aliphatic heterocycles. The van der Waals surface area contributed by atoms with Crippen molar-refractivity contribution in [2.24, 2.45) is 11.3 Å². The van der Waals surface area contributed by atoms with Crippen LogP contribution in [-0.4, -0.2) is 54.7 Å². The van der Waals surface area contributed by atoms with Crippen LogP contribution in [0.5, 0.6) is 5.75 Å². The second-order valence-corrected chi connectivity index (χ2v) is 10.4. The van der Waals surface area contributed by atoms with E-state index in [1.807, 2.05) is 13.8 Å². The quantitative estimate of drug-likeness (QED) is 0.527. The summed E-state index contributed by atoms with van der Waals surface area (Å²) in [6, 6.07) is 10.0. The van der Waals surface area contributed by atoms with E-state index in [1.54, 1.807) is 17.0 Å². The predicted octanol–water partition coefficient (Wildman–Crippen LogP) is 5.15. The third-order valence-electron chi connectivity index (χ3n) is 8.11. The smallest absolute Gasteiger partial charge is 0.416 e. The maximum atomic E-state index is 13.7. The lowest BCUT2D eigenvalue weighted by Gasteiger charge is -2.38. The summed E-state index contributed by atoms with van der Waals surface area (Å²) in [7, 11) is 0. The molecule has 2 atom stereocenters. The number of fused-ring (bicyclic) bond motifs is 2. The molecule has 0 bridgehead atoms. The highest BCUT2D eigenvalue weighted by atomic mass is 19.4. The van der Waals surface area contributed by atoms with Crippen molar-refractivity contribution in [1.82, 2.24) is 9.80 Å². The first-order valence-electron chi connectivity index (χ1n) is 12.5. The molecule has 3 aliphatic rings. The average molecular weight is 506 g/mol. The number of carbonyl (C=O) groups is 1. The fourth-order valence-corrected chi connectivity index (χ4v) is 5.75. The third kappa shape index (κ3) is 4.53. The maximum Gasteiger partial charge on any atom is 0.416 e. The van der Waals surface area contributed by atoms with Gasteiger partial charge in [-0.2, -0.15) is 13.2 Å². The summed E-state index contributed by atoms with van der Waals surface area (Å²) in [6.07, 6.45) is -3.71. The largest absolute Gasteiger partial charge is 0.470 e. The number of piperazine rings is 1. The van der Waals surface area contributed by atoms with Crippen LogP contribution in [0.3, 0.4) is 0 Å². The molecule has 0 spiro atoms. The van der Waals surface area contributed by atoms with Crippen LogP contribution < -0.4 is 9.64 Å². The van der Waals surface area contributed by atoms with Gasteiger partial charge in [0.1, 0.15) is 11.6 Å².